The first kappa shape index (κ1) is 14.7. The van der Waals surface area contributed by atoms with Crippen LogP contribution in [0.3, 0.4) is 0 Å². The van der Waals surface area contributed by atoms with E-state index in [4.69, 9.17) is 14.6 Å². The average molecular weight is 305 g/mol. The van der Waals surface area contributed by atoms with E-state index in [1.165, 1.54) is 0 Å². The highest BCUT2D eigenvalue weighted by Crippen LogP contribution is 2.32. The van der Waals surface area contributed by atoms with Crippen LogP contribution in [0.5, 0.6) is 11.5 Å². The summed E-state index contributed by atoms with van der Waals surface area (Å²) in [5.74, 6) is -0.0321. The molecule has 1 aromatic carbocycles. The molecule has 6 nitrogen and oxygen atoms in total. The number of nitrogens with one attached hydrogen (secondary N) is 1. The smallest absolute Gasteiger partial charge is 0.306 e. The lowest BCUT2D eigenvalue weighted by molar-refractivity contribution is -0.141. The molecule has 2 aliphatic rings. The number of hydrogen-bond donors (Lipinski definition) is 2. The van der Waals surface area contributed by atoms with Gasteiger partial charge >= 0.3 is 5.97 Å². The molecule has 0 radical (unpaired) electrons. The SMILES string of the molecule is O=C(O)[C@@H]1CC[C@H](C(=O)NCc2ccc3c(c2)OCCO3)C1. The van der Waals surface area contributed by atoms with Gasteiger partial charge in [0, 0.05) is 12.5 Å². The van der Waals surface area contributed by atoms with E-state index in [0.29, 0.717) is 44.8 Å². The first-order valence-electron chi connectivity index (χ1n) is 7.52. The van der Waals surface area contributed by atoms with Crippen molar-refractivity contribution in [1.82, 2.24) is 5.32 Å². The number of amides is 1. The van der Waals surface area contributed by atoms with E-state index in [9.17, 15) is 9.59 Å². The van der Waals surface area contributed by atoms with Gasteiger partial charge in [-0.15, -0.1) is 0 Å². The van der Waals surface area contributed by atoms with Crippen LogP contribution in [0.25, 0.3) is 0 Å². The minimum absolute atomic E-state index is 0.0707. The highest BCUT2D eigenvalue weighted by molar-refractivity contribution is 5.80. The number of benzene rings is 1. The van der Waals surface area contributed by atoms with Crippen LogP contribution in [0.15, 0.2) is 18.2 Å². The molecule has 0 saturated heterocycles. The number of aliphatic carboxylic acids is 1. The lowest BCUT2D eigenvalue weighted by Crippen LogP contribution is -2.29. The van der Waals surface area contributed by atoms with E-state index >= 15 is 0 Å². The monoisotopic (exact) mass is 305 g/mol. The number of rotatable bonds is 4. The molecule has 1 heterocycles. The third-order valence-electron chi connectivity index (χ3n) is 4.23. The third-order valence-corrected chi connectivity index (χ3v) is 4.23. The maximum absolute atomic E-state index is 12.1. The predicted molar refractivity (Wildman–Crippen MR) is 77.7 cm³/mol. The summed E-state index contributed by atoms with van der Waals surface area (Å²) >= 11 is 0. The second-order valence-electron chi connectivity index (χ2n) is 5.74. The fourth-order valence-electron chi connectivity index (χ4n) is 2.98. The summed E-state index contributed by atoms with van der Waals surface area (Å²) in [6.45, 7) is 1.49. The van der Waals surface area contributed by atoms with Gasteiger partial charge in [0.05, 0.1) is 5.92 Å². The number of carbonyl (C=O) groups is 2. The molecule has 22 heavy (non-hydrogen) atoms. The van der Waals surface area contributed by atoms with Gasteiger partial charge in [0.2, 0.25) is 5.91 Å². The lowest BCUT2D eigenvalue weighted by atomic mass is 10.0. The number of ether oxygens (including phenoxy) is 2. The molecule has 3 rings (SSSR count). The van der Waals surface area contributed by atoms with Crippen molar-refractivity contribution in [3.05, 3.63) is 23.8 Å². The van der Waals surface area contributed by atoms with Crippen molar-refractivity contribution in [3.63, 3.8) is 0 Å². The van der Waals surface area contributed by atoms with Gasteiger partial charge in [-0.3, -0.25) is 9.59 Å². The molecule has 0 bridgehead atoms. The second kappa shape index (κ2) is 6.25. The van der Waals surface area contributed by atoms with Crippen LogP contribution in [-0.2, 0) is 16.1 Å². The van der Waals surface area contributed by atoms with Crippen molar-refractivity contribution >= 4 is 11.9 Å². The Morgan fingerprint density at radius 3 is 2.59 bits per heavy atom. The van der Waals surface area contributed by atoms with E-state index in [-0.39, 0.29) is 17.7 Å². The molecule has 1 aromatic rings. The summed E-state index contributed by atoms with van der Waals surface area (Å²) in [5, 5.41) is 11.9. The van der Waals surface area contributed by atoms with E-state index in [0.717, 1.165) is 11.3 Å². The summed E-state index contributed by atoms with van der Waals surface area (Å²) in [4.78, 5) is 23.0. The van der Waals surface area contributed by atoms with Gasteiger partial charge in [-0.2, -0.15) is 0 Å². The molecular weight excluding hydrogens is 286 g/mol. The zero-order chi connectivity index (χ0) is 15.5. The Morgan fingerprint density at radius 2 is 1.86 bits per heavy atom. The van der Waals surface area contributed by atoms with Crippen LogP contribution in [0.1, 0.15) is 24.8 Å². The Kier molecular flexibility index (Phi) is 4.18. The fourth-order valence-corrected chi connectivity index (χ4v) is 2.98. The van der Waals surface area contributed by atoms with Gasteiger partial charge in [-0.25, -0.2) is 0 Å². The van der Waals surface area contributed by atoms with Crippen molar-refractivity contribution in [2.45, 2.75) is 25.8 Å². The minimum Gasteiger partial charge on any atom is -0.486 e. The van der Waals surface area contributed by atoms with E-state index in [1.54, 1.807) is 0 Å². The average Bonchev–Trinajstić information content (AvgIpc) is 3.03. The highest BCUT2D eigenvalue weighted by Gasteiger charge is 2.33. The number of carboxylic acid groups (broad SMARTS) is 1. The lowest BCUT2D eigenvalue weighted by Gasteiger charge is -2.19. The van der Waals surface area contributed by atoms with Gasteiger partial charge in [-0.1, -0.05) is 6.07 Å². The summed E-state index contributed by atoms with van der Waals surface area (Å²) in [5.41, 5.74) is 0.936. The molecule has 1 aliphatic carbocycles. The van der Waals surface area contributed by atoms with Crippen molar-refractivity contribution in [2.24, 2.45) is 11.8 Å². The Bertz CT molecular complexity index is 586. The number of fused-ring (bicyclic) bond motifs is 1. The standard InChI is InChI=1S/C16H19NO5/c18-15(11-2-3-12(8-11)16(19)20)17-9-10-1-4-13-14(7-10)22-6-5-21-13/h1,4,7,11-12H,2-3,5-6,8-9H2,(H,17,18)(H,19,20)/t11-,12+/m0/s1. The van der Waals surface area contributed by atoms with Crippen LogP contribution < -0.4 is 14.8 Å². The first-order chi connectivity index (χ1) is 10.6. The van der Waals surface area contributed by atoms with Gasteiger partial charge < -0.3 is 19.9 Å². The molecule has 6 heteroatoms. The quantitative estimate of drug-likeness (QED) is 0.882. The van der Waals surface area contributed by atoms with Gasteiger partial charge in [0.25, 0.3) is 0 Å². The van der Waals surface area contributed by atoms with Gasteiger partial charge in [-0.05, 0) is 37.0 Å². The van der Waals surface area contributed by atoms with Gasteiger partial charge in [0.15, 0.2) is 11.5 Å². The molecule has 1 saturated carbocycles. The summed E-state index contributed by atoms with van der Waals surface area (Å²) < 4.78 is 11.0. The summed E-state index contributed by atoms with van der Waals surface area (Å²) in [7, 11) is 0. The normalized spacial score (nSPS) is 23.1. The first-order valence-corrected chi connectivity index (χ1v) is 7.52. The minimum atomic E-state index is -0.804. The molecule has 0 spiro atoms. The number of carboxylic acids is 1. The van der Waals surface area contributed by atoms with Crippen molar-refractivity contribution < 1.29 is 24.2 Å². The summed E-state index contributed by atoms with van der Waals surface area (Å²) in [6.07, 6.45) is 1.66. The van der Waals surface area contributed by atoms with Crippen molar-refractivity contribution in [2.75, 3.05) is 13.2 Å². The molecule has 1 aliphatic heterocycles. The molecule has 118 valence electrons. The maximum Gasteiger partial charge on any atom is 0.306 e. The molecular formula is C16H19NO5. The number of hydrogen-bond acceptors (Lipinski definition) is 4. The van der Waals surface area contributed by atoms with Crippen LogP contribution in [-0.4, -0.2) is 30.2 Å². The van der Waals surface area contributed by atoms with Crippen LogP contribution in [0.2, 0.25) is 0 Å². The zero-order valence-electron chi connectivity index (χ0n) is 12.2. The molecule has 0 unspecified atom stereocenters. The molecule has 1 fully saturated rings. The Morgan fingerprint density at radius 1 is 1.14 bits per heavy atom. The van der Waals surface area contributed by atoms with Gasteiger partial charge in [0.1, 0.15) is 13.2 Å². The molecule has 0 aromatic heterocycles. The highest BCUT2D eigenvalue weighted by atomic mass is 16.6. The molecule has 2 N–H and O–H groups in total. The second-order valence-corrected chi connectivity index (χ2v) is 5.74. The zero-order valence-corrected chi connectivity index (χ0v) is 12.2. The Labute approximate surface area is 128 Å². The van der Waals surface area contributed by atoms with E-state index in [2.05, 4.69) is 5.32 Å². The van der Waals surface area contributed by atoms with E-state index in [1.807, 2.05) is 18.2 Å². The Hall–Kier alpha value is -2.24. The Balaban J connectivity index is 1.54. The predicted octanol–water partition coefficient (Wildman–Crippen LogP) is 1.57. The number of carbonyl (C=O) groups excluding carboxylic acids is 1. The molecule has 2 atom stereocenters. The largest absolute Gasteiger partial charge is 0.486 e. The van der Waals surface area contributed by atoms with Crippen LogP contribution >= 0.6 is 0 Å². The maximum atomic E-state index is 12.1. The van der Waals surface area contributed by atoms with Crippen LogP contribution in [0, 0.1) is 11.8 Å². The molecule has 1 amide bonds. The van der Waals surface area contributed by atoms with Crippen LogP contribution in [0.4, 0.5) is 0 Å². The van der Waals surface area contributed by atoms with Crippen molar-refractivity contribution in [1.29, 1.82) is 0 Å². The van der Waals surface area contributed by atoms with E-state index < -0.39 is 5.97 Å². The third kappa shape index (κ3) is 3.16. The van der Waals surface area contributed by atoms with Crippen molar-refractivity contribution in [3.8, 4) is 11.5 Å². The summed E-state index contributed by atoms with van der Waals surface area (Å²) in [6, 6.07) is 5.60. The topological polar surface area (TPSA) is 84.9 Å². The fraction of sp³-hybridized carbons (Fsp3) is 0.500.